The van der Waals surface area contributed by atoms with Crippen LogP contribution in [0.15, 0.2) is 0 Å². The molecular formula is C11H15ClN2O2. The van der Waals surface area contributed by atoms with Crippen molar-refractivity contribution in [1.29, 1.82) is 0 Å². The number of hydrogen-bond donors (Lipinski definition) is 0. The summed E-state index contributed by atoms with van der Waals surface area (Å²) in [6.07, 6.45) is 1.88. The third kappa shape index (κ3) is 2.13. The zero-order chi connectivity index (χ0) is 11.7. The standard InChI is InChI=1S/C11H15ClN2O2/c1-7-8(11(12)14(2)13-7)6-9(15)10-4-3-5-16-10/h10H,3-6H2,1-2H3. The van der Waals surface area contributed by atoms with Gasteiger partial charge in [0.1, 0.15) is 11.3 Å². The molecule has 0 aliphatic carbocycles. The molecule has 1 aromatic heterocycles. The summed E-state index contributed by atoms with van der Waals surface area (Å²) in [5, 5.41) is 4.73. The number of Topliss-reactive ketones (excluding diaryl/α,β-unsaturated/α-hetero) is 1. The molecule has 0 spiro atoms. The Hall–Kier alpha value is -0.870. The fourth-order valence-corrected chi connectivity index (χ4v) is 2.24. The first kappa shape index (κ1) is 11.6. The van der Waals surface area contributed by atoms with Crippen LogP contribution in [0, 0.1) is 6.92 Å². The summed E-state index contributed by atoms with van der Waals surface area (Å²) in [7, 11) is 1.77. The van der Waals surface area contributed by atoms with E-state index in [-0.39, 0.29) is 11.9 Å². The van der Waals surface area contributed by atoms with Gasteiger partial charge in [-0.3, -0.25) is 9.48 Å². The zero-order valence-electron chi connectivity index (χ0n) is 9.49. The molecule has 5 heteroatoms. The monoisotopic (exact) mass is 242 g/mol. The molecule has 1 saturated heterocycles. The van der Waals surface area contributed by atoms with Crippen LogP contribution in [0.5, 0.6) is 0 Å². The molecule has 4 nitrogen and oxygen atoms in total. The van der Waals surface area contributed by atoms with Gasteiger partial charge >= 0.3 is 0 Å². The van der Waals surface area contributed by atoms with E-state index in [0.717, 1.165) is 24.1 Å². The second-order valence-corrected chi connectivity index (χ2v) is 4.48. The van der Waals surface area contributed by atoms with Gasteiger partial charge in [0.2, 0.25) is 0 Å². The van der Waals surface area contributed by atoms with Gasteiger partial charge in [-0.1, -0.05) is 11.6 Å². The molecule has 2 heterocycles. The van der Waals surface area contributed by atoms with Crippen molar-refractivity contribution in [3.8, 4) is 0 Å². The average Bonchev–Trinajstić information content (AvgIpc) is 2.83. The molecule has 16 heavy (non-hydrogen) atoms. The SMILES string of the molecule is Cc1nn(C)c(Cl)c1CC(=O)C1CCCO1. The topological polar surface area (TPSA) is 44.1 Å². The van der Waals surface area contributed by atoms with Gasteiger partial charge in [-0.15, -0.1) is 0 Å². The minimum atomic E-state index is -0.240. The van der Waals surface area contributed by atoms with Crippen LogP contribution in [0.25, 0.3) is 0 Å². The molecule has 1 unspecified atom stereocenters. The van der Waals surface area contributed by atoms with Crippen LogP contribution >= 0.6 is 11.6 Å². The smallest absolute Gasteiger partial charge is 0.166 e. The van der Waals surface area contributed by atoms with Crippen LogP contribution in [0.4, 0.5) is 0 Å². The number of carbonyl (C=O) groups excluding carboxylic acids is 1. The van der Waals surface area contributed by atoms with Gasteiger partial charge in [-0.05, 0) is 19.8 Å². The quantitative estimate of drug-likeness (QED) is 0.810. The predicted octanol–water partition coefficient (Wildman–Crippen LogP) is 1.67. The van der Waals surface area contributed by atoms with Crippen molar-refractivity contribution in [2.75, 3.05) is 6.61 Å². The van der Waals surface area contributed by atoms with Crippen molar-refractivity contribution in [3.05, 3.63) is 16.4 Å². The number of nitrogens with zero attached hydrogens (tertiary/aromatic N) is 2. The van der Waals surface area contributed by atoms with E-state index >= 15 is 0 Å². The molecule has 0 saturated carbocycles. The van der Waals surface area contributed by atoms with Crippen molar-refractivity contribution < 1.29 is 9.53 Å². The summed E-state index contributed by atoms with van der Waals surface area (Å²) in [6.45, 7) is 2.56. The van der Waals surface area contributed by atoms with Crippen molar-refractivity contribution in [1.82, 2.24) is 9.78 Å². The number of rotatable bonds is 3. The normalized spacial score (nSPS) is 20.3. The molecule has 1 aliphatic rings. The lowest BCUT2D eigenvalue weighted by Crippen LogP contribution is -2.21. The van der Waals surface area contributed by atoms with E-state index < -0.39 is 0 Å². The molecule has 0 bridgehead atoms. The summed E-state index contributed by atoms with van der Waals surface area (Å²) in [6, 6.07) is 0. The molecule has 1 atom stereocenters. The van der Waals surface area contributed by atoms with Gasteiger partial charge in [0, 0.05) is 25.6 Å². The van der Waals surface area contributed by atoms with Crippen molar-refractivity contribution >= 4 is 17.4 Å². The fourth-order valence-electron chi connectivity index (χ4n) is 1.99. The summed E-state index contributed by atoms with van der Waals surface area (Å²) in [5.74, 6) is 0.107. The Morgan fingerprint density at radius 1 is 1.69 bits per heavy atom. The molecule has 0 aromatic carbocycles. The first-order valence-corrected chi connectivity index (χ1v) is 5.79. The minimum Gasteiger partial charge on any atom is -0.370 e. The highest BCUT2D eigenvalue weighted by Gasteiger charge is 2.25. The molecule has 0 radical (unpaired) electrons. The Balaban J connectivity index is 2.11. The Kier molecular flexibility index (Phi) is 3.30. The van der Waals surface area contributed by atoms with Crippen molar-refractivity contribution in [2.24, 2.45) is 7.05 Å². The number of hydrogen-bond acceptors (Lipinski definition) is 3. The van der Waals surface area contributed by atoms with Crippen LogP contribution in [0.2, 0.25) is 5.15 Å². The van der Waals surface area contributed by atoms with Crippen LogP contribution in [-0.4, -0.2) is 28.3 Å². The third-order valence-corrected chi connectivity index (χ3v) is 3.38. The highest BCUT2D eigenvalue weighted by molar-refractivity contribution is 6.30. The Labute approximate surface area is 99.5 Å². The van der Waals surface area contributed by atoms with E-state index in [0.29, 0.717) is 18.2 Å². The Bertz CT molecular complexity index is 408. The number of ketones is 1. The lowest BCUT2D eigenvalue weighted by molar-refractivity contribution is -0.127. The van der Waals surface area contributed by atoms with Crippen LogP contribution in [-0.2, 0) is 23.0 Å². The third-order valence-electron chi connectivity index (χ3n) is 2.91. The molecule has 1 fully saturated rings. The molecule has 0 N–H and O–H groups in total. The number of ether oxygens (including phenoxy) is 1. The van der Waals surface area contributed by atoms with E-state index in [1.165, 1.54) is 0 Å². The molecule has 1 aromatic rings. The summed E-state index contributed by atoms with van der Waals surface area (Å²) in [5.41, 5.74) is 1.64. The van der Waals surface area contributed by atoms with Crippen LogP contribution < -0.4 is 0 Å². The Morgan fingerprint density at radius 3 is 2.94 bits per heavy atom. The number of aryl methyl sites for hydroxylation is 2. The maximum absolute atomic E-state index is 11.9. The minimum absolute atomic E-state index is 0.107. The first-order chi connectivity index (χ1) is 7.59. The summed E-state index contributed by atoms with van der Waals surface area (Å²) in [4.78, 5) is 11.9. The highest BCUT2D eigenvalue weighted by Crippen LogP contribution is 2.22. The lowest BCUT2D eigenvalue weighted by Gasteiger charge is -2.07. The van der Waals surface area contributed by atoms with Gasteiger partial charge in [-0.2, -0.15) is 5.10 Å². The van der Waals surface area contributed by atoms with E-state index in [9.17, 15) is 4.79 Å². The van der Waals surface area contributed by atoms with Crippen LogP contribution in [0.3, 0.4) is 0 Å². The number of halogens is 1. The lowest BCUT2D eigenvalue weighted by atomic mass is 10.0. The van der Waals surface area contributed by atoms with Gasteiger partial charge < -0.3 is 4.74 Å². The maximum Gasteiger partial charge on any atom is 0.166 e. The molecule has 0 amide bonds. The van der Waals surface area contributed by atoms with Gasteiger partial charge in [-0.25, -0.2) is 0 Å². The van der Waals surface area contributed by atoms with Crippen molar-refractivity contribution in [3.63, 3.8) is 0 Å². The fraction of sp³-hybridized carbons (Fsp3) is 0.636. The first-order valence-electron chi connectivity index (χ1n) is 5.42. The van der Waals surface area contributed by atoms with E-state index in [2.05, 4.69) is 5.10 Å². The molecule has 88 valence electrons. The number of carbonyl (C=O) groups is 1. The second kappa shape index (κ2) is 4.55. The largest absolute Gasteiger partial charge is 0.370 e. The molecule has 2 rings (SSSR count). The van der Waals surface area contributed by atoms with Crippen LogP contribution in [0.1, 0.15) is 24.1 Å². The zero-order valence-corrected chi connectivity index (χ0v) is 10.3. The van der Waals surface area contributed by atoms with E-state index in [1.807, 2.05) is 6.92 Å². The average molecular weight is 243 g/mol. The van der Waals surface area contributed by atoms with E-state index in [1.54, 1.807) is 11.7 Å². The van der Waals surface area contributed by atoms with Crippen molar-refractivity contribution in [2.45, 2.75) is 32.3 Å². The summed E-state index contributed by atoms with van der Waals surface area (Å²) < 4.78 is 6.95. The second-order valence-electron chi connectivity index (χ2n) is 4.12. The highest BCUT2D eigenvalue weighted by atomic mass is 35.5. The molecule has 1 aliphatic heterocycles. The maximum atomic E-state index is 11.9. The van der Waals surface area contributed by atoms with Gasteiger partial charge in [0.15, 0.2) is 5.78 Å². The van der Waals surface area contributed by atoms with Gasteiger partial charge in [0.25, 0.3) is 0 Å². The molecular weight excluding hydrogens is 228 g/mol. The van der Waals surface area contributed by atoms with E-state index in [4.69, 9.17) is 16.3 Å². The van der Waals surface area contributed by atoms with Gasteiger partial charge in [0.05, 0.1) is 5.69 Å². The predicted molar refractivity (Wildman–Crippen MR) is 60.6 cm³/mol. The number of aromatic nitrogens is 2. The Morgan fingerprint density at radius 2 is 2.44 bits per heavy atom. The summed E-state index contributed by atoms with van der Waals surface area (Å²) >= 11 is 6.07.